The average Bonchev–Trinajstić information content (AvgIpc) is 3.01. The number of carbonyl (C=O) groups excluding carboxylic acids is 2. The third kappa shape index (κ3) is 7.35. The van der Waals surface area contributed by atoms with E-state index < -0.39 is 22.4 Å². The van der Waals surface area contributed by atoms with Gasteiger partial charge in [-0.1, -0.05) is 0 Å². The topological polar surface area (TPSA) is 133 Å². The van der Waals surface area contributed by atoms with Crippen LogP contribution in [0.25, 0.3) is 0 Å². The molecule has 0 fully saturated rings. The minimum atomic E-state index is -0.678. The first-order valence-electron chi connectivity index (χ1n) is 13.3. The molecule has 11 heteroatoms. The summed E-state index contributed by atoms with van der Waals surface area (Å²) in [6.45, 7) is 0. The lowest BCUT2D eigenvalue weighted by Crippen LogP contribution is -2.25. The lowest BCUT2D eigenvalue weighted by molar-refractivity contribution is -0.671. The van der Waals surface area contributed by atoms with Gasteiger partial charge in [0.05, 0.1) is 16.3 Å². The molecule has 43 heavy (non-hydrogen) atoms. The fourth-order valence-electron chi connectivity index (χ4n) is 4.19. The monoisotopic (exact) mass is 575 g/mol. The van der Waals surface area contributed by atoms with Gasteiger partial charge in [0.25, 0.3) is 17.5 Å². The smallest absolute Gasteiger partial charge is 0.282 e. The van der Waals surface area contributed by atoms with Crippen molar-refractivity contribution in [2.75, 3.05) is 21.3 Å². The van der Waals surface area contributed by atoms with Crippen molar-refractivity contribution in [1.82, 2.24) is 0 Å². The Hall–Kier alpha value is -6.10. The van der Waals surface area contributed by atoms with Gasteiger partial charge >= 0.3 is 0 Å². The maximum absolute atomic E-state index is 13.0. The van der Waals surface area contributed by atoms with Gasteiger partial charge in [0.15, 0.2) is 24.8 Å². The summed E-state index contributed by atoms with van der Waals surface area (Å²) in [5.74, 6) is -1.20. The van der Waals surface area contributed by atoms with Crippen LogP contribution in [0.3, 0.4) is 0 Å². The maximum Gasteiger partial charge on any atom is 0.282 e. The Morgan fingerprint density at radius 1 is 0.581 bits per heavy atom. The van der Waals surface area contributed by atoms with E-state index in [1.807, 2.05) is 84.4 Å². The normalized spacial score (nSPS) is 10.5. The van der Waals surface area contributed by atoms with E-state index >= 15 is 0 Å². The Labute approximate surface area is 247 Å². The van der Waals surface area contributed by atoms with Crippen LogP contribution in [0.4, 0.5) is 39.8 Å². The van der Waals surface area contributed by atoms with E-state index in [2.05, 4.69) is 21.3 Å². The molecule has 0 unspecified atom stereocenters. The van der Waals surface area contributed by atoms with E-state index in [-0.39, 0.29) is 11.1 Å². The molecule has 2 amide bonds. The van der Waals surface area contributed by atoms with E-state index in [9.17, 15) is 19.7 Å². The first-order chi connectivity index (χ1) is 20.7. The van der Waals surface area contributed by atoms with Crippen molar-refractivity contribution in [1.29, 1.82) is 0 Å². The van der Waals surface area contributed by atoms with E-state index in [1.165, 1.54) is 12.1 Å². The van der Waals surface area contributed by atoms with Crippen LogP contribution in [0, 0.1) is 10.1 Å². The SMILES string of the molecule is C[n+]1ccc(Nc2ccc(NC(=O)c3ccc(C(=O)Nc4ccc(Nc5cc[n+](C)cc5)cc4)c([N+](=O)[O-])c3)cc2)cc1. The molecule has 214 valence electrons. The number of aryl methyl sites for hydroxylation is 2. The number of hydrogen-bond acceptors (Lipinski definition) is 6. The van der Waals surface area contributed by atoms with Crippen molar-refractivity contribution in [3.05, 3.63) is 137 Å². The van der Waals surface area contributed by atoms with Crippen molar-refractivity contribution in [3.63, 3.8) is 0 Å². The number of anilines is 6. The molecule has 0 saturated carbocycles. The zero-order valence-corrected chi connectivity index (χ0v) is 23.4. The van der Waals surface area contributed by atoms with Crippen LogP contribution in [-0.2, 0) is 14.1 Å². The van der Waals surface area contributed by atoms with Gasteiger partial charge in [-0.25, -0.2) is 9.13 Å². The molecular weight excluding hydrogens is 546 g/mol. The fraction of sp³-hybridized carbons (Fsp3) is 0.0625. The summed E-state index contributed by atoms with van der Waals surface area (Å²) in [5.41, 5.74) is 3.84. The maximum atomic E-state index is 13.0. The first-order valence-corrected chi connectivity index (χ1v) is 13.3. The number of hydrogen-bond donors (Lipinski definition) is 4. The predicted octanol–water partition coefficient (Wildman–Crippen LogP) is 5.24. The first kappa shape index (κ1) is 28.4. The van der Waals surface area contributed by atoms with Gasteiger partial charge in [-0.2, -0.15) is 0 Å². The molecule has 0 aliphatic rings. The Morgan fingerprint density at radius 3 is 1.42 bits per heavy atom. The van der Waals surface area contributed by atoms with Gasteiger partial charge in [0.1, 0.15) is 19.7 Å². The van der Waals surface area contributed by atoms with Crippen molar-refractivity contribution in [3.8, 4) is 0 Å². The summed E-state index contributed by atoms with van der Waals surface area (Å²) >= 11 is 0. The third-order valence-electron chi connectivity index (χ3n) is 6.52. The largest absolute Gasteiger partial charge is 0.355 e. The molecular formula is C32H29N7O4+2. The number of nitro groups is 1. The van der Waals surface area contributed by atoms with Gasteiger partial charge in [0, 0.05) is 58.6 Å². The van der Waals surface area contributed by atoms with Gasteiger partial charge in [-0.15, -0.1) is 0 Å². The van der Waals surface area contributed by atoms with Gasteiger partial charge in [-0.05, 0) is 60.7 Å². The molecule has 2 aromatic heterocycles. The molecule has 2 heterocycles. The number of rotatable bonds is 9. The third-order valence-corrected chi connectivity index (χ3v) is 6.52. The van der Waals surface area contributed by atoms with Gasteiger partial charge < -0.3 is 21.3 Å². The zero-order valence-electron chi connectivity index (χ0n) is 23.4. The Bertz CT molecular complexity index is 1770. The van der Waals surface area contributed by atoms with Crippen LogP contribution in [-0.4, -0.2) is 16.7 Å². The molecule has 0 saturated heterocycles. The molecule has 0 atom stereocenters. The number of nitro benzene ring substituents is 1. The second-order valence-corrected chi connectivity index (χ2v) is 9.81. The highest BCUT2D eigenvalue weighted by atomic mass is 16.6. The molecule has 5 rings (SSSR count). The Kier molecular flexibility index (Phi) is 8.33. The molecule has 4 N–H and O–H groups in total. The van der Waals surface area contributed by atoms with E-state index in [0.717, 1.165) is 28.8 Å². The summed E-state index contributed by atoms with van der Waals surface area (Å²) in [5, 5.41) is 23.8. The molecule has 3 aromatic carbocycles. The summed E-state index contributed by atoms with van der Waals surface area (Å²) in [7, 11) is 3.86. The standard InChI is InChI=1S/C32H27N7O4/c1-37-17-13-27(14-18-37)33-23-4-8-25(9-5-23)35-31(40)22-3-12-29(30(21-22)39(42)43)32(41)36-26-10-6-24(7-11-26)34-28-15-19-38(2)20-16-28/h3-21H,1-2H3,(H2,35,36,40,41)/p+2. The summed E-state index contributed by atoms with van der Waals surface area (Å²) < 4.78 is 3.85. The minimum absolute atomic E-state index is 0.0486. The van der Waals surface area contributed by atoms with Crippen molar-refractivity contribution in [2.45, 2.75) is 0 Å². The highest BCUT2D eigenvalue weighted by Crippen LogP contribution is 2.25. The lowest BCUT2D eigenvalue weighted by atomic mass is 10.1. The fourth-order valence-corrected chi connectivity index (χ4v) is 4.19. The number of benzene rings is 3. The van der Waals surface area contributed by atoms with Crippen LogP contribution in [0.5, 0.6) is 0 Å². The quantitative estimate of drug-likeness (QED) is 0.108. The molecule has 0 spiro atoms. The molecule has 0 radical (unpaired) electrons. The average molecular weight is 576 g/mol. The van der Waals surface area contributed by atoms with Crippen LogP contribution < -0.4 is 30.4 Å². The van der Waals surface area contributed by atoms with Crippen LogP contribution in [0.15, 0.2) is 116 Å². The van der Waals surface area contributed by atoms with E-state index in [1.54, 1.807) is 36.4 Å². The molecule has 5 aromatic rings. The summed E-state index contributed by atoms with van der Waals surface area (Å²) in [4.78, 5) is 37.0. The Morgan fingerprint density at radius 2 is 0.977 bits per heavy atom. The van der Waals surface area contributed by atoms with Gasteiger partial charge in [0.2, 0.25) is 0 Å². The molecule has 0 bridgehead atoms. The highest BCUT2D eigenvalue weighted by molar-refractivity contribution is 6.09. The zero-order chi connectivity index (χ0) is 30.3. The molecule has 0 aliphatic carbocycles. The Balaban J connectivity index is 1.23. The van der Waals surface area contributed by atoms with Crippen molar-refractivity contribution >= 4 is 51.6 Å². The second-order valence-electron chi connectivity index (χ2n) is 9.81. The van der Waals surface area contributed by atoms with Crippen LogP contribution >= 0.6 is 0 Å². The van der Waals surface area contributed by atoms with Crippen molar-refractivity contribution in [2.24, 2.45) is 14.1 Å². The van der Waals surface area contributed by atoms with Crippen LogP contribution in [0.1, 0.15) is 20.7 Å². The van der Waals surface area contributed by atoms with E-state index in [0.29, 0.717) is 11.4 Å². The molecule has 11 nitrogen and oxygen atoms in total. The number of carbonyl (C=O) groups is 2. The summed E-state index contributed by atoms with van der Waals surface area (Å²) in [6.07, 6.45) is 7.68. The van der Waals surface area contributed by atoms with E-state index in [4.69, 9.17) is 0 Å². The second kappa shape index (κ2) is 12.6. The van der Waals surface area contributed by atoms with Gasteiger partial charge in [-0.3, -0.25) is 19.7 Å². The number of amides is 2. The predicted molar refractivity (Wildman–Crippen MR) is 164 cm³/mol. The molecule has 0 aliphatic heterocycles. The lowest BCUT2D eigenvalue weighted by Gasteiger charge is -2.10. The number of aromatic nitrogens is 2. The highest BCUT2D eigenvalue weighted by Gasteiger charge is 2.23. The van der Waals surface area contributed by atoms with Crippen molar-refractivity contribution < 1.29 is 23.6 Å². The summed E-state index contributed by atoms with van der Waals surface area (Å²) in [6, 6.07) is 25.5. The van der Waals surface area contributed by atoms with Crippen LogP contribution in [0.2, 0.25) is 0 Å². The number of nitrogens with zero attached hydrogens (tertiary/aromatic N) is 3. The number of pyridine rings is 2. The minimum Gasteiger partial charge on any atom is -0.355 e. The number of nitrogens with one attached hydrogen (secondary N) is 4.